The van der Waals surface area contributed by atoms with Gasteiger partial charge in [-0.2, -0.15) is 12.6 Å². The third-order valence-corrected chi connectivity index (χ3v) is 4.40. The van der Waals surface area contributed by atoms with E-state index in [4.69, 9.17) is 9.47 Å². The summed E-state index contributed by atoms with van der Waals surface area (Å²) in [6.45, 7) is 6.61. The molecule has 1 heterocycles. The molecule has 0 saturated heterocycles. The molecule has 0 spiro atoms. The minimum absolute atomic E-state index is 0.250. The average Bonchev–Trinajstić information content (AvgIpc) is 2.85. The third-order valence-electron chi connectivity index (χ3n) is 3.36. The lowest BCUT2D eigenvalue weighted by Gasteiger charge is -2.30. The van der Waals surface area contributed by atoms with E-state index < -0.39 is 28.8 Å². The van der Waals surface area contributed by atoms with E-state index in [1.807, 2.05) is 6.92 Å². The van der Waals surface area contributed by atoms with Crippen molar-refractivity contribution in [2.75, 3.05) is 0 Å². The Kier molecular flexibility index (Phi) is 8.21. The zero-order valence-electron chi connectivity index (χ0n) is 14.4. The fraction of sp³-hybridized carbons (Fsp3) is 0.562. The first kappa shape index (κ1) is 22.2. The number of carbonyl (C=O) groups is 3. The first-order valence-electron chi connectivity index (χ1n) is 7.66. The van der Waals surface area contributed by atoms with E-state index >= 15 is 0 Å². The van der Waals surface area contributed by atoms with Gasteiger partial charge in [0.1, 0.15) is 15.5 Å². The second-order valence-corrected chi connectivity index (χ2v) is 9.92. The summed E-state index contributed by atoms with van der Waals surface area (Å²) in [5, 5.41) is 2.55. The molecule has 0 aliphatic carbocycles. The summed E-state index contributed by atoms with van der Waals surface area (Å²) in [5.41, 5.74) is 0.250. The average molecular weight is 499 g/mol. The van der Waals surface area contributed by atoms with Crippen molar-refractivity contribution in [1.82, 2.24) is 5.32 Å². The van der Waals surface area contributed by atoms with Crippen LogP contribution >= 0.6 is 44.5 Å². The molecule has 25 heavy (non-hydrogen) atoms. The standard InChI is InChI=1S/C16H21Br2NO5S/c1-5-6-10(9-7-11(13(17)18)24-14(9)21)23-15(22)12(16(3,4)25)19-8(2)20/h7,10,12,25H,5-6H2,1-4H3,(H,19,20). The lowest BCUT2D eigenvalue weighted by molar-refractivity contribution is -0.153. The number of hydrogen-bond acceptors (Lipinski definition) is 6. The first-order chi connectivity index (χ1) is 11.5. The molecule has 9 heteroatoms. The van der Waals surface area contributed by atoms with Gasteiger partial charge in [0.2, 0.25) is 5.91 Å². The molecule has 2 unspecified atom stereocenters. The van der Waals surface area contributed by atoms with Gasteiger partial charge in [-0.05, 0) is 58.2 Å². The van der Waals surface area contributed by atoms with Crippen molar-refractivity contribution >= 4 is 62.3 Å². The molecule has 0 aromatic rings. The van der Waals surface area contributed by atoms with Gasteiger partial charge in [-0.15, -0.1) is 0 Å². The largest absolute Gasteiger partial charge is 0.456 e. The Balaban J connectivity index is 3.06. The van der Waals surface area contributed by atoms with Crippen LogP contribution in [0.25, 0.3) is 0 Å². The number of thiol groups is 1. The molecule has 0 bridgehead atoms. The van der Waals surface area contributed by atoms with Gasteiger partial charge in [0.15, 0.2) is 5.76 Å². The van der Waals surface area contributed by atoms with Crippen LogP contribution in [0.4, 0.5) is 0 Å². The molecule has 0 fully saturated rings. The third kappa shape index (κ3) is 6.45. The second kappa shape index (κ2) is 9.23. The molecule has 0 radical (unpaired) electrons. The Hall–Kier alpha value is -0.800. The van der Waals surface area contributed by atoms with E-state index in [-0.39, 0.29) is 11.5 Å². The summed E-state index contributed by atoms with van der Waals surface area (Å²) in [4.78, 5) is 36.1. The van der Waals surface area contributed by atoms with Crippen LogP contribution in [0.3, 0.4) is 0 Å². The summed E-state index contributed by atoms with van der Waals surface area (Å²) >= 11 is 10.7. The number of allylic oxidation sites excluding steroid dienone is 1. The maximum Gasteiger partial charge on any atom is 0.343 e. The van der Waals surface area contributed by atoms with E-state index in [1.165, 1.54) is 13.0 Å². The van der Waals surface area contributed by atoms with Crippen LogP contribution in [0, 0.1) is 0 Å². The molecule has 1 rings (SSSR count). The molecule has 1 N–H and O–H groups in total. The monoisotopic (exact) mass is 497 g/mol. The Bertz CT molecular complexity index is 621. The summed E-state index contributed by atoms with van der Waals surface area (Å²) < 4.78 is 10.3. The highest BCUT2D eigenvalue weighted by atomic mass is 79.9. The van der Waals surface area contributed by atoms with Crippen molar-refractivity contribution < 1.29 is 23.9 Å². The van der Waals surface area contributed by atoms with Crippen molar-refractivity contribution in [2.45, 2.75) is 57.4 Å². The predicted octanol–water partition coefficient (Wildman–Crippen LogP) is 3.35. The number of ether oxygens (including phenoxy) is 2. The molecule has 1 aliphatic rings. The van der Waals surface area contributed by atoms with Crippen molar-refractivity contribution in [3.05, 3.63) is 20.8 Å². The van der Waals surface area contributed by atoms with Crippen molar-refractivity contribution in [3.8, 4) is 0 Å². The van der Waals surface area contributed by atoms with E-state index in [0.29, 0.717) is 22.0 Å². The lowest BCUT2D eigenvalue weighted by atomic mass is 10.0. The van der Waals surface area contributed by atoms with E-state index in [1.54, 1.807) is 13.8 Å². The molecule has 0 saturated carbocycles. The molecule has 140 valence electrons. The highest BCUT2D eigenvalue weighted by molar-refractivity contribution is 9.28. The number of hydrogen-bond donors (Lipinski definition) is 2. The topological polar surface area (TPSA) is 81.7 Å². The zero-order valence-corrected chi connectivity index (χ0v) is 18.5. The van der Waals surface area contributed by atoms with Gasteiger partial charge < -0.3 is 14.8 Å². The quantitative estimate of drug-likeness (QED) is 0.415. The molecular formula is C16H21Br2NO5S. The van der Waals surface area contributed by atoms with Gasteiger partial charge >= 0.3 is 11.9 Å². The maximum atomic E-state index is 12.6. The van der Waals surface area contributed by atoms with Gasteiger partial charge in [-0.25, -0.2) is 9.59 Å². The molecular weight excluding hydrogens is 478 g/mol. The minimum atomic E-state index is -0.955. The minimum Gasteiger partial charge on any atom is -0.456 e. The molecule has 0 aromatic heterocycles. The van der Waals surface area contributed by atoms with Gasteiger partial charge in [0.25, 0.3) is 0 Å². The number of nitrogens with one attached hydrogen (secondary N) is 1. The predicted molar refractivity (Wildman–Crippen MR) is 105 cm³/mol. The fourth-order valence-electron chi connectivity index (χ4n) is 2.18. The summed E-state index contributed by atoms with van der Waals surface area (Å²) in [6.07, 6.45) is 1.88. The number of halogens is 2. The highest BCUT2D eigenvalue weighted by Crippen LogP contribution is 2.31. The van der Waals surface area contributed by atoms with Gasteiger partial charge in [0.05, 0.1) is 5.57 Å². The highest BCUT2D eigenvalue weighted by Gasteiger charge is 2.38. The summed E-state index contributed by atoms with van der Waals surface area (Å²) in [5.74, 6) is -1.29. The maximum absolute atomic E-state index is 12.6. The Morgan fingerprint density at radius 3 is 2.40 bits per heavy atom. The fourth-order valence-corrected chi connectivity index (χ4v) is 2.74. The number of esters is 2. The van der Waals surface area contributed by atoms with Crippen LogP contribution in [0.1, 0.15) is 40.5 Å². The van der Waals surface area contributed by atoms with E-state index in [9.17, 15) is 14.4 Å². The van der Waals surface area contributed by atoms with Crippen molar-refractivity contribution in [1.29, 1.82) is 0 Å². The van der Waals surface area contributed by atoms with Gasteiger partial charge in [0, 0.05) is 11.7 Å². The normalized spacial score (nSPS) is 16.7. The van der Waals surface area contributed by atoms with E-state index in [0.717, 1.165) is 0 Å². The SMILES string of the molecule is CCCC(OC(=O)C(NC(C)=O)C(C)(C)S)C1=CC(=C(Br)Br)OC1=O. The smallest absolute Gasteiger partial charge is 0.343 e. The Morgan fingerprint density at radius 2 is 2.00 bits per heavy atom. The molecule has 2 atom stereocenters. The number of cyclic esters (lactones) is 1. The molecule has 0 aromatic carbocycles. The number of carbonyl (C=O) groups excluding carboxylic acids is 3. The van der Waals surface area contributed by atoms with Gasteiger partial charge in [-0.3, -0.25) is 4.79 Å². The first-order valence-corrected chi connectivity index (χ1v) is 9.69. The van der Waals surface area contributed by atoms with Crippen LogP contribution in [0.15, 0.2) is 20.8 Å². The summed E-state index contributed by atoms with van der Waals surface area (Å²) in [6, 6.07) is -0.955. The number of amides is 1. The zero-order chi connectivity index (χ0) is 19.4. The Labute approximate surface area is 169 Å². The molecule has 1 amide bonds. The molecule has 6 nitrogen and oxygen atoms in total. The molecule has 1 aliphatic heterocycles. The van der Waals surface area contributed by atoms with Gasteiger partial charge in [-0.1, -0.05) is 13.3 Å². The second-order valence-electron chi connectivity index (χ2n) is 6.12. The van der Waals surface area contributed by atoms with E-state index in [2.05, 4.69) is 49.8 Å². The van der Waals surface area contributed by atoms with Crippen molar-refractivity contribution in [2.24, 2.45) is 0 Å². The van der Waals surface area contributed by atoms with Crippen molar-refractivity contribution in [3.63, 3.8) is 0 Å². The van der Waals surface area contributed by atoms with Crippen LogP contribution in [0.2, 0.25) is 0 Å². The number of rotatable bonds is 7. The summed E-state index contributed by atoms with van der Waals surface area (Å²) in [7, 11) is 0. The van der Waals surface area contributed by atoms with Crippen LogP contribution in [-0.4, -0.2) is 34.7 Å². The Morgan fingerprint density at radius 1 is 1.40 bits per heavy atom. The van der Waals surface area contributed by atoms with Crippen LogP contribution in [0.5, 0.6) is 0 Å². The lowest BCUT2D eigenvalue weighted by Crippen LogP contribution is -2.52. The van der Waals surface area contributed by atoms with Crippen LogP contribution in [-0.2, 0) is 23.9 Å². The van der Waals surface area contributed by atoms with Crippen LogP contribution < -0.4 is 5.32 Å².